The third kappa shape index (κ3) is 5.52. The van der Waals surface area contributed by atoms with Gasteiger partial charge in [-0.2, -0.15) is 0 Å². The molecule has 1 aliphatic heterocycles. The third-order valence-electron chi connectivity index (χ3n) is 4.93. The normalized spacial score (nSPS) is 19.7. The van der Waals surface area contributed by atoms with E-state index in [4.69, 9.17) is 4.74 Å². The third-order valence-corrected chi connectivity index (χ3v) is 4.93. The zero-order chi connectivity index (χ0) is 19.1. The summed E-state index contributed by atoms with van der Waals surface area (Å²) in [4.78, 5) is 18.6. The molecule has 0 spiro atoms. The zero-order valence-electron chi connectivity index (χ0n) is 16.3. The highest BCUT2D eigenvalue weighted by atomic mass is 16.5. The van der Waals surface area contributed by atoms with Gasteiger partial charge in [-0.3, -0.25) is 9.79 Å². The van der Waals surface area contributed by atoms with Crippen LogP contribution in [0.5, 0.6) is 5.75 Å². The number of para-hydroxylation sites is 2. The number of rotatable bonds is 8. The van der Waals surface area contributed by atoms with E-state index in [1.54, 1.807) is 7.11 Å². The molecule has 27 heavy (non-hydrogen) atoms. The van der Waals surface area contributed by atoms with Crippen molar-refractivity contribution in [2.24, 2.45) is 10.9 Å². The van der Waals surface area contributed by atoms with Crippen molar-refractivity contribution >= 4 is 17.6 Å². The fraction of sp³-hybridized carbons (Fsp3) is 0.600. The summed E-state index contributed by atoms with van der Waals surface area (Å²) in [5, 5.41) is 9.77. The van der Waals surface area contributed by atoms with Crippen molar-refractivity contribution in [3.05, 3.63) is 24.3 Å². The largest absolute Gasteiger partial charge is 0.495 e. The van der Waals surface area contributed by atoms with E-state index >= 15 is 0 Å². The van der Waals surface area contributed by atoms with Crippen LogP contribution in [0.15, 0.2) is 29.3 Å². The summed E-state index contributed by atoms with van der Waals surface area (Å²) in [6, 6.07) is 8.46. The molecule has 1 saturated carbocycles. The summed E-state index contributed by atoms with van der Waals surface area (Å²) in [6.45, 7) is 5.92. The van der Waals surface area contributed by atoms with Crippen LogP contribution < -0.4 is 25.6 Å². The molecule has 2 fully saturated rings. The number of nitrogens with one attached hydrogen (secondary N) is 3. The molecule has 0 radical (unpaired) electrons. The van der Waals surface area contributed by atoms with Crippen LogP contribution in [0.3, 0.4) is 0 Å². The Bertz CT molecular complexity index is 660. The molecular formula is C20H31N5O2. The van der Waals surface area contributed by atoms with E-state index in [9.17, 15) is 4.79 Å². The fourth-order valence-electron chi connectivity index (χ4n) is 3.34. The summed E-state index contributed by atoms with van der Waals surface area (Å²) in [7, 11) is 1.71. The topological polar surface area (TPSA) is 78.0 Å². The van der Waals surface area contributed by atoms with Crippen LogP contribution in [0, 0.1) is 5.92 Å². The Kier molecular flexibility index (Phi) is 6.79. The fourth-order valence-corrected chi connectivity index (χ4v) is 3.34. The number of hydrogen-bond acceptors (Lipinski definition) is 4. The first-order chi connectivity index (χ1) is 13.2. The highest BCUT2D eigenvalue weighted by Crippen LogP contribution is 2.30. The molecule has 1 aromatic rings. The number of anilines is 1. The Morgan fingerprint density at radius 3 is 2.81 bits per heavy atom. The van der Waals surface area contributed by atoms with Gasteiger partial charge in [0.05, 0.1) is 19.3 Å². The lowest BCUT2D eigenvalue weighted by Gasteiger charge is -2.22. The molecule has 7 heteroatoms. The van der Waals surface area contributed by atoms with Crippen molar-refractivity contribution in [2.45, 2.75) is 32.2 Å². The van der Waals surface area contributed by atoms with Crippen LogP contribution in [0.1, 0.15) is 26.2 Å². The quantitative estimate of drug-likeness (QED) is 0.364. The van der Waals surface area contributed by atoms with Gasteiger partial charge in [-0.25, -0.2) is 0 Å². The minimum absolute atomic E-state index is 0.173. The van der Waals surface area contributed by atoms with Gasteiger partial charge in [-0.1, -0.05) is 12.1 Å². The Hall–Kier alpha value is -2.44. The Morgan fingerprint density at radius 2 is 2.07 bits per heavy atom. The van der Waals surface area contributed by atoms with Gasteiger partial charge in [-0.15, -0.1) is 0 Å². The molecule has 1 atom stereocenters. The minimum atomic E-state index is 0.173. The molecule has 7 nitrogen and oxygen atoms in total. The lowest BCUT2D eigenvalue weighted by molar-refractivity contribution is -0.122. The monoisotopic (exact) mass is 373 g/mol. The molecule has 0 bridgehead atoms. The predicted molar refractivity (Wildman–Crippen MR) is 108 cm³/mol. The van der Waals surface area contributed by atoms with Crippen molar-refractivity contribution in [1.29, 1.82) is 0 Å². The van der Waals surface area contributed by atoms with Gasteiger partial charge >= 0.3 is 0 Å². The van der Waals surface area contributed by atoms with Crippen molar-refractivity contribution < 1.29 is 9.53 Å². The van der Waals surface area contributed by atoms with Gasteiger partial charge in [0.25, 0.3) is 0 Å². The number of amides is 1. The molecule has 3 N–H and O–H groups in total. The first-order valence-corrected chi connectivity index (χ1v) is 9.91. The molecular weight excluding hydrogens is 342 g/mol. The van der Waals surface area contributed by atoms with Crippen LogP contribution in [0.4, 0.5) is 5.69 Å². The van der Waals surface area contributed by atoms with Crippen LogP contribution in [-0.4, -0.2) is 57.7 Å². The lowest BCUT2D eigenvalue weighted by atomic mass is 10.2. The van der Waals surface area contributed by atoms with Gasteiger partial charge < -0.3 is 25.6 Å². The maximum atomic E-state index is 11.7. The van der Waals surface area contributed by atoms with E-state index in [1.165, 1.54) is 0 Å². The number of carbonyl (C=O) groups excluding carboxylic acids is 1. The molecule has 1 aliphatic carbocycles. The van der Waals surface area contributed by atoms with Crippen LogP contribution >= 0.6 is 0 Å². The van der Waals surface area contributed by atoms with Crippen LogP contribution in [-0.2, 0) is 4.79 Å². The van der Waals surface area contributed by atoms with Gasteiger partial charge in [0, 0.05) is 38.1 Å². The minimum Gasteiger partial charge on any atom is -0.495 e. The molecule has 1 unspecified atom stereocenters. The second kappa shape index (κ2) is 9.48. The molecule has 1 amide bonds. The summed E-state index contributed by atoms with van der Waals surface area (Å²) in [6.07, 6.45) is 3.11. The molecule has 148 valence electrons. The number of hydrogen-bond donors (Lipinski definition) is 3. The first kappa shape index (κ1) is 19.3. The number of benzene rings is 1. The smallest absolute Gasteiger partial charge is 0.223 e. The molecule has 1 aromatic carbocycles. The number of ether oxygens (including phenoxy) is 1. The predicted octanol–water partition coefficient (Wildman–Crippen LogP) is 1.36. The zero-order valence-corrected chi connectivity index (χ0v) is 16.3. The number of carbonyl (C=O) groups is 1. The number of nitrogens with zero attached hydrogens (tertiary/aromatic N) is 2. The average molecular weight is 374 g/mol. The van der Waals surface area contributed by atoms with Gasteiger partial charge in [0.15, 0.2) is 5.96 Å². The van der Waals surface area contributed by atoms with E-state index < -0.39 is 0 Å². The summed E-state index contributed by atoms with van der Waals surface area (Å²) < 4.78 is 5.49. The molecule has 0 aromatic heterocycles. The highest BCUT2D eigenvalue weighted by molar-refractivity contribution is 5.81. The Morgan fingerprint density at radius 1 is 1.26 bits per heavy atom. The molecule has 2 aliphatic rings. The second-order valence-corrected chi connectivity index (χ2v) is 7.07. The van der Waals surface area contributed by atoms with E-state index in [0.29, 0.717) is 19.1 Å². The number of aliphatic imine (C=N–C) groups is 1. The van der Waals surface area contributed by atoms with E-state index in [2.05, 4.69) is 38.8 Å². The summed E-state index contributed by atoms with van der Waals surface area (Å²) >= 11 is 0. The molecule has 1 heterocycles. The summed E-state index contributed by atoms with van der Waals surface area (Å²) in [5.74, 6) is 2.14. The van der Waals surface area contributed by atoms with Crippen molar-refractivity contribution in [2.75, 3.05) is 44.7 Å². The molecule has 1 saturated heterocycles. The summed E-state index contributed by atoms with van der Waals surface area (Å²) in [5.41, 5.74) is 1.13. The molecule has 3 rings (SSSR count). The number of guanidine groups is 1. The maximum Gasteiger partial charge on any atom is 0.223 e. The average Bonchev–Trinajstić information content (AvgIpc) is 3.44. The van der Waals surface area contributed by atoms with E-state index in [0.717, 1.165) is 56.3 Å². The maximum absolute atomic E-state index is 11.7. The Balaban J connectivity index is 1.49. The van der Waals surface area contributed by atoms with Crippen molar-refractivity contribution in [3.8, 4) is 5.75 Å². The Labute approximate surface area is 161 Å². The number of methoxy groups -OCH3 is 1. The van der Waals surface area contributed by atoms with Gasteiger partial charge in [0.2, 0.25) is 5.91 Å². The SMILES string of the molecule is CCNC(=NCCNC(=O)C1CC1)NC1CCN(c2ccccc2OC)C1. The second-order valence-electron chi connectivity index (χ2n) is 7.07. The van der Waals surface area contributed by atoms with Crippen molar-refractivity contribution in [1.82, 2.24) is 16.0 Å². The lowest BCUT2D eigenvalue weighted by Crippen LogP contribution is -2.45. The van der Waals surface area contributed by atoms with Crippen molar-refractivity contribution in [3.63, 3.8) is 0 Å². The van der Waals surface area contributed by atoms with E-state index in [1.807, 2.05) is 18.2 Å². The van der Waals surface area contributed by atoms with Crippen LogP contribution in [0.2, 0.25) is 0 Å². The standard InChI is InChI=1S/C20H31N5O2/c1-3-21-20(23-12-11-22-19(26)15-8-9-15)24-16-10-13-25(14-16)17-6-4-5-7-18(17)27-2/h4-7,15-16H,3,8-14H2,1-2H3,(H,22,26)(H2,21,23,24). The van der Waals surface area contributed by atoms with Gasteiger partial charge in [0.1, 0.15) is 5.75 Å². The van der Waals surface area contributed by atoms with Crippen LogP contribution in [0.25, 0.3) is 0 Å². The van der Waals surface area contributed by atoms with E-state index in [-0.39, 0.29) is 11.8 Å². The van der Waals surface area contributed by atoms with Gasteiger partial charge in [-0.05, 0) is 38.3 Å². The highest BCUT2D eigenvalue weighted by Gasteiger charge is 2.29. The first-order valence-electron chi connectivity index (χ1n) is 9.91.